The van der Waals surface area contributed by atoms with E-state index in [0.29, 0.717) is 11.4 Å². The molecule has 0 radical (unpaired) electrons. The van der Waals surface area contributed by atoms with E-state index in [4.69, 9.17) is 5.11 Å². The number of hydrogen-bond acceptors (Lipinski definition) is 3. The van der Waals surface area contributed by atoms with Crippen molar-refractivity contribution in [3.63, 3.8) is 0 Å². The Morgan fingerprint density at radius 1 is 1.47 bits per heavy atom. The molecule has 1 rings (SSSR count). The van der Waals surface area contributed by atoms with Crippen LogP contribution in [-0.2, 0) is 4.79 Å². The predicted molar refractivity (Wildman–Crippen MR) is 59.4 cm³/mol. The van der Waals surface area contributed by atoms with Gasteiger partial charge in [0.05, 0.1) is 5.00 Å². The van der Waals surface area contributed by atoms with E-state index in [1.54, 1.807) is 6.07 Å². The van der Waals surface area contributed by atoms with Gasteiger partial charge >= 0.3 is 5.97 Å². The maximum Gasteiger partial charge on any atom is 0.345 e. The molecule has 4 nitrogen and oxygen atoms in total. The van der Waals surface area contributed by atoms with Gasteiger partial charge in [0.25, 0.3) is 0 Å². The van der Waals surface area contributed by atoms with Crippen LogP contribution < -0.4 is 5.32 Å². The summed E-state index contributed by atoms with van der Waals surface area (Å²) < 4.78 is 0. The molecule has 82 valence electrons. The Morgan fingerprint density at radius 2 is 2.20 bits per heavy atom. The van der Waals surface area contributed by atoms with Crippen LogP contribution in [0.5, 0.6) is 0 Å². The highest BCUT2D eigenvalue weighted by Gasteiger charge is 2.08. The van der Waals surface area contributed by atoms with Gasteiger partial charge in [-0.25, -0.2) is 4.79 Å². The summed E-state index contributed by atoms with van der Waals surface area (Å²) in [6, 6.07) is 3.10. The molecule has 0 aliphatic carbocycles. The maximum atomic E-state index is 11.3. The van der Waals surface area contributed by atoms with Gasteiger partial charge < -0.3 is 10.4 Å². The van der Waals surface area contributed by atoms with Crippen molar-refractivity contribution in [3.8, 4) is 0 Å². The fourth-order valence-corrected chi connectivity index (χ4v) is 1.82. The normalized spacial score (nSPS) is 9.93. The average molecular weight is 227 g/mol. The van der Waals surface area contributed by atoms with E-state index in [-0.39, 0.29) is 10.8 Å². The van der Waals surface area contributed by atoms with Crippen LogP contribution in [0.25, 0.3) is 0 Å². The fraction of sp³-hybridized carbons (Fsp3) is 0.400. The Kier molecular flexibility index (Phi) is 4.30. The van der Waals surface area contributed by atoms with E-state index in [1.165, 1.54) is 6.07 Å². The summed E-state index contributed by atoms with van der Waals surface area (Å²) in [6.07, 6.45) is 2.30. The third-order valence-electron chi connectivity index (χ3n) is 1.84. The summed E-state index contributed by atoms with van der Waals surface area (Å²) in [5.41, 5.74) is 0. The van der Waals surface area contributed by atoms with Gasteiger partial charge in [0.15, 0.2) is 0 Å². The highest BCUT2D eigenvalue weighted by Crippen LogP contribution is 2.21. The standard InChI is InChI=1S/C10H13NO3S/c1-2-3-4-8(12)11-9-6-5-7(15-9)10(13)14/h5-6H,2-4H2,1H3,(H,11,12)(H,13,14). The molecule has 0 atom stereocenters. The highest BCUT2D eigenvalue weighted by molar-refractivity contribution is 7.18. The van der Waals surface area contributed by atoms with E-state index in [0.717, 1.165) is 24.2 Å². The molecule has 0 aliphatic heterocycles. The second-order valence-electron chi connectivity index (χ2n) is 3.12. The van der Waals surface area contributed by atoms with Gasteiger partial charge in [-0.2, -0.15) is 0 Å². The van der Waals surface area contributed by atoms with E-state index in [9.17, 15) is 9.59 Å². The minimum atomic E-state index is -0.964. The first-order valence-electron chi connectivity index (χ1n) is 4.76. The van der Waals surface area contributed by atoms with E-state index in [1.807, 2.05) is 6.92 Å². The molecule has 0 spiro atoms. The first-order chi connectivity index (χ1) is 7.13. The molecule has 0 aromatic carbocycles. The van der Waals surface area contributed by atoms with E-state index < -0.39 is 5.97 Å². The number of nitrogens with one attached hydrogen (secondary N) is 1. The lowest BCUT2D eigenvalue weighted by Crippen LogP contribution is -2.09. The number of unbranched alkanes of at least 4 members (excludes halogenated alkanes) is 1. The zero-order chi connectivity index (χ0) is 11.3. The van der Waals surface area contributed by atoms with Gasteiger partial charge in [-0.15, -0.1) is 11.3 Å². The first-order valence-corrected chi connectivity index (χ1v) is 5.58. The molecule has 0 saturated heterocycles. The molecular weight excluding hydrogens is 214 g/mol. The molecule has 1 aromatic heterocycles. The van der Waals surface area contributed by atoms with Crippen molar-refractivity contribution in [3.05, 3.63) is 17.0 Å². The maximum absolute atomic E-state index is 11.3. The molecule has 0 unspecified atom stereocenters. The second kappa shape index (κ2) is 5.50. The number of carbonyl (C=O) groups excluding carboxylic acids is 1. The van der Waals surface area contributed by atoms with Crippen molar-refractivity contribution in [1.29, 1.82) is 0 Å². The summed E-state index contributed by atoms with van der Waals surface area (Å²) in [6.45, 7) is 2.01. The minimum absolute atomic E-state index is 0.0596. The van der Waals surface area contributed by atoms with E-state index >= 15 is 0 Å². The van der Waals surface area contributed by atoms with E-state index in [2.05, 4.69) is 5.32 Å². The predicted octanol–water partition coefficient (Wildman–Crippen LogP) is 2.58. The molecule has 0 bridgehead atoms. The van der Waals surface area contributed by atoms with Gasteiger partial charge in [-0.05, 0) is 18.6 Å². The Hall–Kier alpha value is -1.36. The Labute approximate surface area is 91.9 Å². The van der Waals surface area contributed by atoms with Crippen molar-refractivity contribution in [2.24, 2.45) is 0 Å². The Balaban J connectivity index is 2.50. The molecule has 0 aliphatic rings. The van der Waals surface area contributed by atoms with Crippen molar-refractivity contribution < 1.29 is 14.7 Å². The Morgan fingerprint density at radius 3 is 2.73 bits per heavy atom. The first kappa shape index (κ1) is 11.7. The van der Waals surface area contributed by atoms with Crippen LogP contribution in [0, 0.1) is 0 Å². The third kappa shape index (κ3) is 3.71. The zero-order valence-corrected chi connectivity index (χ0v) is 9.26. The zero-order valence-electron chi connectivity index (χ0n) is 8.45. The number of aromatic carboxylic acids is 1. The summed E-state index contributed by atoms with van der Waals surface area (Å²) >= 11 is 1.07. The number of rotatable bonds is 5. The topological polar surface area (TPSA) is 66.4 Å². The molecule has 15 heavy (non-hydrogen) atoms. The molecule has 0 saturated carbocycles. The van der Waals surface area contributed by atoms with Crippen LogP contribution in [0.15, 0.2) is 12.1 Å². The van der Waals surface area contributed by atoms with Crippen molar-refractivity contribution in [2.75, 3.05) is 5.32 Å². The highest BCUT2D eigenvalue weighted by atomic mass is 32.1. The van der Waals surface area contributed by atoms with Crippen LogP contribution in [0.4, 0.5) is 5.00 Å². The second-order valence-corrected chi connectivity index (χ2v) is 4.20. The SMILES string of the molecule is CCCCC(=O)Nc1ccc(C(=O)O)s1. The number of amides is 1. The molecule has 1 heterocycles. The van der Waals surface area contributed by atoms with Crippen molar-refractivity contribution in [1.82, 2.24) is 0 Å². The lowest BCUT2D eigenvalue weighted by atomic mass is 10.2. The summed E-state index contributed by atoms with van der Waals surface area (Å²) in [7, 11) is 0. The van der Waals surface area contributed by atoms with Crippen LogP contribution in [0.1, 0.15) is 35.9 Å². The van der Waals surface area contributed by atoms with Crippen molar-refractivity contribution in [2.45, 2.75) is 26.2 Å². The van der Waals surface area contributed by atoms with Gasteiger partial charge in [0.1, 0.15) is 4.88 Å². The monoisotopic (exact) mass is 227 g/mol. The van der Waals surface area contributed by atoms with Crippen LogP contribution in [0.2, 0.25) is 0 Å². The number of hydrogen-bond donors (Lipinski definition) is 2. The minimum Gasteiger partial charge on any atom is -0.477 e. The smallest absolute Gasteiger partial charge is 0.345 e. The van der Waals surface area contributed by atoms with Crippen LogP contribution >= 0.6 is 11.3 Å². The molecule has 2 N–H and O–H groups in total. The summed E-state index contributed by atoms with van der Waals surface area (Å²) in [5.74, 6) is -1.02. The molecule has 5 heteroatoms. The molecular formula is C10H13NO3S. The summed E-state index contributed by atoms with van der Waals surface area (Å²) in [4.78, 5) is 22.1. The van der Waals surface area contributed by atoms with Crippen LogP contribution in [-0.4, -0.2) is 17.0 Å². The quantitative estimate of drug-likeness (QED) is 0.812. The molecule has 0 fully saturated rings. The number of carboxylic acid groups (broad SMARTS) is 1. The summed E-state index contributed by atoms with van der Waals surface area (Å²) in [5, 5.41) is 11.9. The number of carbonyl (C=O) groups is 2. The van der Waals surface area contributed by atoms with Gasteiger partial charge in [-0.1, -0.05) is 13.3 Å². The largest absolute Gasteiger partial charge is 0.477 e. The molecule has 1 aromatic rings. The third-order valence-corrected chi connectivity index (χ3v) is 2.83. The van der Waals surface area contributed by atoms with Crippen LogP contribution in [0.3, 0.4) is 0 Å². The number of carboxylic acids is 1. The lowest BCUT2D eigenvalue weighted by molar-refractivity contribution is -0.116. The lowest BCUT2D eigenvalue weighted by Gasteiger charge is -2.00. The van der Waals surface area contributed by atoms with Gasteiger partial charge in [0, 0.05) is 6.42 Å². The van der Waals surface area contributed by atoms with Crippen molar-refractivity contribution >= 4 is 28.2 Å². The number of anilines is 1. The Bertz CT molecular complexity index is 359. The average Bonchev–Trinajstić information content (AvgIpc) is 2.63. The van der Waals surface area contributed by atoms with Gasteiger partial charge in [0.2, 0.25) is 5.91 Å². The van der Waals surface area contributed by atoms with Gasteiger partial charge in [-0.3, -0.25) is 4.79 Å². The number of thiophene rings is 1. The molecule has 1 amide bonds. The fourth-order valence-electron chi connectivity index (χ4n) is 1.06.